The van der Waals surface area contributed by atoms with Crippen molar-refractivity contribution in [1.82, 2.24) is 24.6 Å². The van der Waals surface area contributed by atoms with E-state index in [9.17, 15) is 0 Å². The fraction of sp³-hybridized carbons (Fsp3) is 0.350. The Morgan fingerprint density at radius 1 is 1.22 bits per heavy atom. The van der Waals surface area contributed by atoms with Crippen LogP contribution >= 0.6 is 0 Å². The van der Waals surface area contributed by atoms with Crippen LogP contribution in [-0.4, -0.2) is 31.7 Å². The van der Waals surface area contributed by atoms with Gasteiger partial charge in [-0.3, -0.25) is 0 Å². The average Bonchev–Trinajstić information content (AvgIpc) is 3.30. The first-order chi connectivity index (χ1) is 13.3. The second kappa shape index (κ2) is 6.26. The molecular weight excluding hydrogens is 340 g/mol. The number of nitrogens with one attached hydrogen (secondary N) is 1. The molecule has 4 aromatic rings. The van der Waals surface area contributed by atoms with Crippen molar-refractivity contribution >= 4 is 22.2 Å². The van der Waals surface area contributed by atoms with Gasteiger partial charge in [0, 0.05) is 11.3 Å². The minimum Gasteiger partial charge on any atom is -0.495 e. The zero-order chi connectivity index (χ0) is 18.4. The number of fused-ring (bicyclic) bond motifs is 2. The highest BCUT2D eigenvalue weighted by molar-refractivity contribution is 5.93. The number of nitrogens with zero attached hydrogens (tertiary/aromatic N) is 4. The number of aromatic amines is 1. The normalized spacial score (nSPS) is 15.6. The van der Waals surface area contributed by atoms with Crippen LogP contribution in [0.5, 0.6) is 5.75 Å². The minimum absolute atomic E-state index is 0.410. The molecule has 0 bridgehead atoms. The predicted molar refractivity (Wildman–Crippen MR) is 105 cm³/mol. The Labute approximate surface area is 156 Å². The first kappa shape index (κ1) is 16.1. The van der Waals surface area contributed by atoms with Gasteiger partial charge in [-0.05, 0) is 25.0 Å². The summed E-state index contributed by atoms with van der Waals surface area (Å²) in [6.07, 6.45) is 7.56. The second-order valence-electron chi connectivity index (χ2n) is 7.17. The van der Waals surface area contributed by atoms with Crippen molar-refractivity contribution in [3.8, 4) is 17.1 Å². The first-order valence-corrected chi connectivity index (χ1v) is 9.41. The lowest BCUT2D eigenvalue weighted by atomic mass is 9.89. The van der Waals surface area contributed by atoms with Crippen LogP contribution in [0.15, 0.2) is 30.6 Å². The third-order valence-electron chi connectivity index (χ3n) is 5.55. The van der Waals surface area contributed by atoms with Crippen LogP contribution in [0, 0.1) is 0 Å². The number of para-hydroxylation sites is 1. The molecule has 27 heavy (non-hydrogen) atoms. The van der Waals surface area contributed by atoms with Gasteiger partial charge in [0.2, 0.25) is 0 Å². The van der Waals surface area contributed by atoms with E-state index in [2.05, 4.69) is 27.2 Å². The van der Waals surface area contributed by atoms with Crippen molar-refractivity contribution in [1.29, 1.82) is 0 Å². The summed E-state index contributed by atoms with van der Waals surface area (Å²) in [7, 11) is 1.67. The van der Waals surface area contributed by atoms with E-state index >= 15 is 0 Å². The Morgan fingerprint density at radius 2 is 2.07 bits per heavy atom. The second-order valence-corrected chi connectivity index (χ2v) is 7.17. The number of benzene rings is 1. The van der Waals surface area contributed by atoms with E-state index in [1.165, 1.54) is 25.6 Å². The van der Waals surface area contributed by atoms with E-state index in [1.54, 1.807) is 7.11 Å². The summed E-state index contributed by atoms with van der Waals surface area (Å²) in [5, 5.41) is 5.55. The Balaban J connectivity index is 1.73. The number of ether oxygens (including phenoxy) is 1. The van der Waals surface area contributed by atoms with Gasteiger partial charge in [-0.2, -0.15) is 5.10 Å². The predicted octanol–water partition coefficient (Wildman–Crippen LogP) is 3.91. The number of methoxy groups -OCH3 is 1. The van der Waals surface area contributed by atoms with Crippen LogP contribution in [0.25, 0.3) is 27.8 Å². The van der Waals surface area contributed by atoms with E-state index in [1.807, 2.05) is 16.6 Å². The van der Waals surface area contributed by atoms with E-state index in [0.29, 0.717) is 11.7 Å². The number of H-pyrrole nitrogens is 1. The van der Waals surface area contributed by atoms with Gasteiger partial charge in [0.25, 0.3) is 0 Å². The molecule has 0 saturated heterocycles. The zero-order valence-corrected chi connectivity index (χ0v) is 15.3. The lowest BCUT2D eigenvalue weighted by molar-refractivity contribution is 0.419. The summed E-state index contributed by atoms with van der Waals surface area (Å²) in [6.45, 7) is 0. The van der Waals surface area contributed by atoms with E-state index in [4.69, 9.17) is 15.5 Å². The molecule has 7 nitrogen and oxygen atoms in total. The highest BCUT2D eigenvalue weighted by atomic mass is 16.5. The van der Waals surface area contributed by atoms with Crippen LogP contribution in [0.1, 0.15) is 43.8 Å². The number of anilines is 1. The monoisotopic (exact) mass is 362 g/mol. The number of hydrogen-bond acceptors (Lipinski definition) is 5. The summed E-state index contributed by atoms with van der Waals surface area (Å²) in [4.78, 5) is 12.7. The summed E-state index contributed by atoms with van der Waals surface area (Å²) < 4.78 is 7.37. The minimum atomic E-state index is 0.410. The molecular formula is C20H22N6O. The number of hydrogen-bond donors (Lipinski definition) is 2. The molecule has 7 heteroatoms. The van der Waals surface area contributed by atoms with Crippen LogP contribution in [0.3, 0.4) is 0 Å². The van der Waals surface area contributed by atoms with Gasteiger partial charge in [-0.15, -0.1) is 0 Å². The summed E-state index contributed by atoms with van der Waals surface area (Å²) >= 11 is 0. The number of imidazole rings is 1. The van der Waals surface area contributed by atoms with E-state index in [-0.39, 0.29) is 0 Å². The van der Waals surface area contributed by atoms with Gasteiger partial charge >= 0.3 is 0 Å². The van der Waals surface area contributed by atoms with Crippen LogP contribution in [-0.2, 0) is 0 Å². The topological polar surface area (TPSA) is 94.1 Å². The molecule has 1 aliphatic rings. The molecule has 1 aliphatic carbocycles. The first-order valence-electron chi connectivity index (χ1n) is 9.41. The third kappa shape index (κ3) is 2.53. The zero-order valence-electron chi connectivity index (χ0n) is 15.3. The van der Waals surface area contributed by atoms with Crippen molar-refractivity contribution in [2.24, 2.45) is 0 Å². The van der Waals surface area contributed by atoms with Crippen molar-refractivity contribution in [3.05, 3.63) is 36.4 Å². The van der Waals surface area contributed by atoms with Gasteiger partial charge in [-0.1, -0.05) is 31.4 Å². The van der Waals surface area contributed by atoms with E-state index < -0.39 is 0 Å². The quantitative estimate of drug-likeness (QED) is 0.576. The number of aromatic nitrogens is 5. The Bertz CT molecular complexity index is 1120. The molecule has 1 fully saturated rings. The third-order valence-corrected chi connectivity index (χ3v) is 5.55. The molecule has 3 aromatic heterocycles. The average molecular weight is 362 g/mol. The summed E-state index contributed by atoms with van der Waals surface area (Å²) in [6, 6.07) is 8.06. The molecule has 0 aliphatic heterocycles. The molecule has 0 spiro atoms. The maximum absolute atomic E-state index is 6.24. The standard InChI is InChI=1S/C20H22N6O/c1-27-15-9-5-8-13-10-14(24-16(13)15)17-18-19(21)22-11-23-26(18)20(25-17)12-6-3-2-4-7-12/h5,8-12,24H,2-4,6-7H2,1H3,(H2,21,22,23). The van der Waals surface area contributed by atoms with Gasteiger partial charge < -0.3 is 15.5 Å². The fourth-order valence-electron chi connectivity index (χ4n) is 4.22. The largest absolute Gasteiger partial charge is 0.495 e. The van der Waals surface area contributed by atoms with Crippen molar-refractivity contribution in [3.63, 3.8) is 0 Å². The fourth-order valence-corrected chi connectivity index (χ4v) is 4.22. The maximum Gasteiger partial charge on any atom is 0.153 e. The molecule has 5 rings (SSSR count). The Hall–Kier alpha value is -3.09. The molecule has 1 saturated carbocycles. The molecule has 3 heterocycles. The van der Waals surface area contributed by atoms with Crippen molar-refractivity contribution in [2.45, 2.75) is 38.0 Å². The van der Waals surface area contributed by atoms with E-state index in [0.717, 1.165) is 52.2 Å². The lowest BCUT2D eigenvalue weighted by Gasteiger charge is -2.19. The van der Waals surface area contributed by atoms with Crippen molar-refractivity contribution in [2.75, 3.05) is 12.8 Å². The lowest BCUT2D eigenvalue weighted by Crippen LogP contribution is -2.10. The Morgan fingerprint density at radius 3 is 2.89 bits per heavy atom. The van der Waals surface area contributed by atoms with Crippen molar-refractivity contribution < 1.29 is 4.74 Å². The van der Waals surface area contributed by atoms with Gasteiger partial charge in [0.1, 0.15) is 29.1 Å². The molecule has 1 aromatic carbocycles. The summed E-state index contributed by atoms with van der Waals surface area (Å²) in [5.41, 5.74) is 9.65. The number of nitrogen functional groups attached to an aromatic ring is 1. The highest BCUT2D eigenvalue weighted by Gasteiger charge is 2.25. The van der Waals surface area contributed by atoms with Crippen LogP contribution < -0.4 is 10.5 Å². The van der Waals surface area contributed by atoms with Gasteiger partial charge in [-0.25, -0.2) is 14.5 Å². The molecule has 0 atom stereocenters. The molecule has 3 N–H and O–H groups in total. The number of nitrogens with two attached hydrogens (primary N) is 1. The van der Waals surface area contributed by atoms with Gasteiger partial charge in [0.05, 0.1) is 18.3 Å². The van der Waals surface area contributed by atoms with Gasteiger partial charge in [0.15, 0.2) is 5.82 Å². The molecule has 0 unspecified atom stereocenters. The molecule has 0 radical (unpaired) electrons. The highest BCUT2D eigenvalue weighted by Crippen LogP contribution is 2.37. The summed E-state index contributed by atoms with van der Waals surface area (Å²) in [5.74, 6) is 2.65. The SMILES string of the molecule is COc1cccc2cc(-c3nc(C4CCCCC4)n4ncnc(N)c34)[nH]c12. The Kier molecular flexibility index (Phi) is 3.74. The van der Waals surface area contributed by atoms with Crippen LogP contribution in [0.2, 0.25) is 0 Å². The smallest absolute Gasteiger partial charge is 0.153 e. The van der Waals surface area contributed by atoms with Crippen LogP contribution in [0.4, 0.5) is 5.82 Å². The molecule has 0 amide bonds. The molecule has 138 valence electrons. The number of rotatable bonds is 3. The maximum atomic E-state index is 6.24.